The molecule has 0 aliphatic carbocycles. The Labute approximate surface area is 151 Å². The van der Waals surface area contributed by atoms with Crippen LogP contribution in [0, 0.1) is 20.2 Å². The molecule has 140 valence electrons. The van der Waals surface area contributed by atoms with Gasteiger partial charge in [-0.05, 0) is 12.1 Å². The van der Waals surface area contributed by atoms with Crippen LogP contribution in [0.3, 0.4) is 0 Å². The molecule has 0 atom stereocenters. The quantitative estimate of drug-likeness (QED) is 0.421. The molecule has 0 aromatic heterocycles. The van der Waals surface area contributed by atoms with Gasteiger partial charge in [-0.3, -0.25) is 20.2 Å². The highest BCUT2D eigenvalue weighted by Crippen LogP contribution is 2.31. The van der Waals surface area contributed by atoms with E-state index in [1.165, 1.54) is 12.1 Å². The number of carbonyl (C=O) groups is 2. The molecule has 11 nitrogen and oxygen atoms in total. The molecule has 0 spiro atoms. The zero-order valence-corrected chi connectivity index (χ0v) is 14.0. The number of nitro benzene ring substituents is 2. The maximum Gasteiger partial charge on any atom is 0.345 e. The molecule has 0 saturated carbocycles. The van der Waals surface area contributed by atoms with Crippen molar-refractivity contribution in [1.29, 1.82) is 0 Å². The van der Waals surface area contributed by atoms with Crippen molar-refractivity contribution in [2.75, 3.05) is 14.2 Å². The summed E-state index contributed by atoms with van der Waals surface area (Å²) in [6.07, 6.45) is 0. The van der Waals surface area contributed by atoms with Gasteiger partial charge in [0.15, 0.2) is 0 Å². The van der Waals surface area contributed by atoms with E-state index in [4.69, 9.17) is 4.74 Å². The van der Waals surface area contributed by atoms with Gasteiger partial charge < -0.3 is 14.2 Å². The molecule has 2 aromatic carbocycles. The van der Waals surface area contributed by atoms with Crippen LogP contribution >= 0.6 is 0 Å². The lowest BCUT2D eigenvalue weighted by Gasteiger charge is -2.09. The van der Waals surface area contributed by atoms with Crippen LogP contribution < -0.4 is 4.74 Å². The number of hydrogen-bond donors (Lipinski definition) is 0. The highest BCUT2D eigenvalue weighted by atomic mass is 16.6. The third kappa shape index (κ3) is 4.15. The van der Waals surface area contributed by atoms with Crippen molar-refractivity contribution >= 4 is 23.3 Å². The Morgan fingerprint density at radius 1 is 0.778 bits per heavy atom. The zero-order chi connectivity index (χ0) is 20.1. The number of nitro groups is 2. The van der Waals surface area contributed by atoms with E-state index in [1.54, 1.807) is 0 Å². The molecule has 0 bridgehead atoms. The SMILES string of the molecule is COC(=O)c1cc(Oc2ccc([N+](=O)[O-])c(C(=O)OC)c2)ccc1[N+](=O)[O-]. The van der Waals surface area contributed by atoms with Crippen LogP contribution in [-0.2, 0) is 9.47 Å². The maximum absolute atomic E-state index is 11.7. The Bertz CT molecular complexity index is 864. The third-order valence-corrected chi connectivity index (χ3v) is 3.38. The summed E-state index contributed by atoms with van der Waals surface area (Å²) in [6.45, 7) is 0. The molecule has 27 heavy (non-hydrogen) atoms. The van der Waals surface area contributed by atoms with Gasteiger partial charge in [-0.25, -0.2) is 9.59 Å². The van der Waals surface area contributed by atoms with Crippen LogP contribution in [-0.4, -0.2) is 36.0 Å². The fourth-order valence-electron chi connectivity index (χ4n) is 2.16. The van der Waals surface area contributed by atoms with Gasteiger partial charge in [0.25, 0.3) is 11.4 Å². The number of rotatable bonds is 6. The van der Waals surface area contributed by atoms with E-state index in [9.17, 15) is 29.8 Å². The predicted molar refractivity (Wildman–Crippen MR) is 88.9 cm³/mol. The Balaban J connectivity index is 2.45. The smallest absolute Gasteiger partial charge is 0.345 e. The summed E-state index contributed by atoms with van der Waals surface area (Å²) >= 11 is 0. The standard InChI is InChI=1S/C16H12N2O9/c1-25-15(19)11-7-9(3-5-13(11)17(21)22)27-10-4-6-14(18(23)24)12(8-10)16(20)26-2/h3-8H,1-2H3. The van der Waals surface area contributed by atoms with Crippen molar-refractivity contribution in [2.24, 2.45) is 0 Å². The number of carbonyl (C=O) groups excluding carboxylic acids is 2. The minimum Gasteiger partial charge on any atom is -0.465 e. The van der Waals surface area contributed by atoms with Crippen molar-refractivity contribution in [3.63, 3.8) is 0 Å². The molecular weight excluding hydrogens is 364 g/mol. The van der Waals surface area contributed by atoms with E-state index in [-0.39, 0.29) is 22.6 Å². The number of methoxy groups -OCH3 is 2. The van der Waals surface area contributed by atoms with E-state index >= 15 is 0 Å². The van der Waals surface area contributed by atoms with Crippen LogP contribution in [0.1, 0.15) is 20.7 Å². The maximum atomic E-state index is 11.7. The second kappa shape index (κ2) is 7.91. The molecular formula is C16H12N2O9. The lowest BCUT2D eigenvalue weighted by Crippen LogP contribution is -2.07. The Morgan fingerprint density at radius 2 is 1.15 bits per heavy atom. The fourth-order valence-corrected chi connectivity index (χ4v) is 2.16. The zero-order valence-electron chi connectivity index (χ0n) is 14.0. The van der Waals surface area contributed by atoms with Crippen molar-refractivity contribution in [1.82, 2.24) is 0 Å². The van der Waals surface area contributed by atoms with Gasteiger partial charge in [0, 0.05) is 24.3 Å². The van der Waals surface area contributed by atoms with Crippen LogP contribution in [0.15, 0.2) is 36.4 Å². The Morgan fingerprint density at radius 3 is 1.44 bits per heavy atom. The van der Waals surface area contributed by atoms with Crippen LogP contribution in [0.2, 0.25) is 0 Å². The molecule has 11 heteroatoms. The Kier molecular flexibility index (Phi) is 5.65. The van der Waals surface area contributed by atoms with Crippen molar-refractivity contribution in [3.05, 3.63) is 67.8 Å². The van der Waals surface area contributed by atoms with E-state index in [0.717, 1.165) is 38.5 Å². The first-order valence-corrected chi connectivity index (χ1v) is 7.19. The van der Waals surface area contributed by atoms with Crippen LogP contribution in [0.4, 0.5) is 11.4 Å². The average Bonchev–Trinajstić information content (AvgIpc) is 2.66. The van der Waals surface area contributed by atoms with Gasteiger partial charge in [0.1, 0.15) is 22.6 Å². The summed E-state index contributed by atoms with van der Waals surface area (Å²) < 4.78 is 14.5. The molecule has 0 fully saturated rings. The van der Waals surface area contributed by atoms with E-state index in [2.05, 4.69) is 9.47 Å². The monoisotopic (exact) mass is 376 g/mol. The van der Waals surface area contributed by atoms with Gasteiger partial charge in [0.2, 0.25) is 0 Å². The van der Waals surface area contributed by atoms with Gasteiger partial charge in [0.05, 0.1) is 24.1 Å². The average molecular weight is 376 g/mol. The number of benzene rings is 2. The van der Waals surface area contributed by atoms with E-state index in [1.807, 2.05) is 0 Å². The van der Waals surface area contributed by atoms with E-state index in [0.29, 0.717) is 0 Å². The van der Waals surface area contributed by atoms with Crippen LogP contribution in [0.25, 0.3) is 0 Å². The first-order valence-electron chi connectivity index (χ1n) is 7.19. The fraction of sp³-hybridized carbons (Fsp3) is 0.125. The predicted octanol–water partition coefficient (Wildman–Crippen LogP) is 2.87. The highest BCUT2D eigenvalue weighted by Gasteiger charge is 2.24. The first kappa shape index (κ1) is 19.3. The molecule has 0 heterocycles. The number of esters is 2. The van der Waals surface area contributed by atoms with Crippen LogP contribution in [0.5, 0.6) is 11.5 Å². The summed E-state index contributed by atoms with van der Waals surface area (Å²) in [4.78, 5) is 44.0. The number of hydrogen-bond acceptors (Lipinski definition) is 9. The molecule has 0 radical (unpaired) electrons. The minimum absolute atomic E-state index is 0.0191. The molecule has 0 aliphatic rings. The largest absolute Gasteiger partial charge is 0.465 e. The number of nitrogens with zero attached hydrogens (tertiary/aromatic N) is 2. The van der Waals surface area contributed by atoms with Gasteiger partial charge in [-0.15, -0.1) is 0 Å². The summed E-state index contributed by atoms with van der Waals surface area (Å²) in [6, 6.07) is 6.72. The third-order valence-electron chi connectivity index (χ3n) is 3.38. The summed E-state index contributed by atoms with van der Waals surface area (Å²) in [7, 11) is 2.14. The number of ether oxygens (including phenoxy) is 3. The summed E-state index contributed by atoms with van der Waals surface area (Å²) in [5, 5.41) is 22.0. The molecule has 2 aromatic rings. The molecule has 0 saturated heterocycles. The lowest BCUT2D eigenvalue weighted by molar-refractivity contribution is -0.385. The molecule has 0 aliphatic heterocycles. The topological polar surface area (TPSA) is 148 Å². The van der Waals surface area contributed by atoms with Gasteiger partial charge in [-0.2, -0.15) is 0 Å². The summed E-state index contributed by atoms with van der Waals surface area (Å²) in [5.41, 5.74) is -1.63. The molecule has 0 N–H and O–H groups in total. The van der Waals surface area contributed by atoms with Crippen molar-refractivity contribution in [3.8, 4) is 11.5 Å². The highest BCUT2D eigenvalue weighted by molar-refractivity contribution is 5.95. The normalized spacial score (nSPS) is 10.0. The molecule has 0 unspecified atom stereocenters. The molecule has 0 amide bonds. The molecule has 2 rings (SSSR count). The van der Waals surface area contributed by atoms with Gasteiger partial charge >= 0.3 is 11.9 Å². The van der Waals surface area contributed by atoms with E-state index < -0.39 is 33.2 Å². The van der Waals surface area contributed by atoms with Crippen molar-refractivity contribution < 1.29 is 33.6 Å². The van der Waals surface area contributed by atoms with Gasteiger partial charge in [-0.1, -0.05) is 0 Å². The second-order valence-corrected chi connectivity index (χ2v) is 4.96. The second-order valence-electron chi connectivity index (χ2n) is 4.96. The Hall–Kier alpha value is -4.02. The van der Waals surface area contributed by atoms with Crippen molar-refractivity contribution in [2.45, 2.75) is 0 Å². The first-order chi connectivity index (χ1) is 12.8. The summed E-state index contributed by atoms with van der Waals surface area (Å²) in [5.74, 6) is -1.84. The lowest BCUT2D eigenvalue weighted by atomic mass is 10.1. The minimum atomic E-state index is -0.939.